The Labute approximate surface area is 130 Å². The maximum Gasteiger partial charge on any atom is 0.0876 e. The Balaban J connectivity index is 2.34. The fourth-order valence-electron chi connectivity index (χ4n) is 3.77. The lowest BCUT2D eigenvalue weighted by Gasteiger charge is -2.48. The Morgan fingerprint density at radius 1 is 1.14 bits per heavy atom. The van der Waals surface area contributed by atoms with Gasteiger partial charge in [0.1, 0.15) is 0 Å². The first-order valence-corrected chi connectivity index (χ1v) is 8.31. The minimum absolute atomic E-state index is 0.0644. The van der Waals surface area contributed by atoms with Gasteiger partial charge in [0.25, 0.3) is 0 Å². The molecular formula is C19H31NO. The van der Waals surface area contributed by atoms with Crippen LogP contribution in [0.3, 0.4) is 0 Å². The standard InChI is InChI=1S/C19H31NO/c1-6-21-19(13-11-18(3,4)12-14-19)17(20-5)16-10-8-7-9-15(16)2/h7-10,17,20H,6,11-14H2,1-5H3. The molecule has 1 atom stereocenters. The first-order valence-electron chi connectivity index (χ1n) is 8.31. The lowest BCUT2D eigenvalue weighted by molar-refractivity contribution is -0.106. The third-order valence-corrected chi connectivity index (χ3v) is 5.20. The second-order valence-corrected chi connectivity index (χ2v) is 7.24. The lowest BCUT2D eigenvalue weighted by atomic mass is 9.67. The monoisotopic (exact) mass is 289 g/mol. The highest BCUT2D eigenvalue weighted by molar-refractivity contribution is 5.31. The highest BCUT2D eigenvalue weighted by atomic mass is 16.5. The van der Waals surface area contributed by atoms with Crippen molar-refractivity contribution < 1.29 is 4.74 Å². The van der Waals surface area contributed by atoms with Gasteiger partial charge in [0.05, 0.1) is 11.6 Å². The van der Waals surface area contributed by atoms with Crippen LogP contribution >= 0.6 is 0 Å². The molecule has 118 valence electrons. The smallest absolute Gasteiger partial charge is 0.0876 e. The number of aryl methyl sites for hydroxylation is 1. The van der Waals surface area contributed by atoms with Gasteiger partial charge in [-0.3, -0.25) is 0 Å². The van der Waals surface area contributed by atoms with Crippen LogP contribution in [0.1, 0.15) is 63.6 Å². The van der Waals surface area contributed by atoms with Crippen molar-refractivity contribution in [3.63, 3.8) is 0 Å². The zero-order chi connectivity index (χ0) is 15.5. The number of hydrogen-bond donors (Lipinski definition) is 1. The van der Waals surface area contributed by atoms with Gasteiger partial charge >= 0.3 is 0 Å². The predicted octanol–water partition coefficient (Wildman–Crippen LogP) is 4.63. The van der Waals surface area contributed by atoms with Crippen molar-refractivity contribution in [2.45, 2.75) is 65.0 Å². The van der Waals surface area contributed by atoms with Crippen molar-refractivity contribution in [3.05, 3.63) is 35.4 Å². The molecule has 0 aromatic heterocycles. The van der Waals surface area contributed by atoms with E-state index >= 15 is 0 Å². The quantitative estimate of drug-likeness (QED) is 0.853. The van der Waals surface area contributed by atoms with Gasteiger partial charge < -0.3 is 10.1 Å². The second-order valence-electron chi connectivity index (χ2n) is 7.24. The molecule has 1 N–H and O–H groups in total. The van der Waals surface area contributed by atoms with Gasteiger partial charge in [-0.2, -0.15) is 0 Å². The van der Waals surface area contributed by atoms with E-state index in [-0.39, 0.29) is 11.6 Å². The van der Waals surface area contributed by atoms with E-state index in [1.807, 2.05) is 0 Å². The number of ether oxygens (including phenoxy) is 1. The van der Waals surface area contributed by atoms with E-state index in [9.17, 15) is 0 Å². The molecule has 0 aliphatic heterocycles. The van der Waals surface area contributed by atoms with E-state index in [2.05, 4.69) is 64.3 Å². The van der Waals surface area contributed by atoms with Crippen LogP contribution < -0.4 is 5.32 Å². The van der Waals surface area contributed by atoms with Crippen molar-refractivity contribution in [2.24, 2.45) is 5.41 Å². The van der Waals surface area contributed by atoms with Crippen LogP contribution in [0.4, 0.5) is 0 Å². The van der Waals surface area contributed by atoms with E-state index in [0.717, 1.165) is 19.4 Å². The summed E-state index contributed by atoms with van der Waals surface area (Å²) in [5.74, 6) is 0. The topological polar surface area (TPSA) is 21.3 Å². The Kier molecular flexibility index (Phi) is 5.11. The molecule has 21 heavy (non-hydrogen) atoms. The molecule has 0 heterocycles. The summed E-state index contributed by atoms with van der Waals surface area (Å²) in [5.41, 5.74) is 3.12. The molecule has 1 aromatic carbocycles. The molecule has 0 radical (unpaired) electrons. The van der Waals surface area contributed by atoms with Crippen LogP contribution in [0.5, 0.6) is 0 Å². The summed E-state index contributed by atoms with van der Waals surface area (Å²) >= 11 is 0. The summed E-state index contributed by atoms with van der Waals surface area (Å²) in [7, 11) is 2.07. The van der Waals surface area contributed by atoms with E-state index in [1.165, 1.54) is 24.0 Å². The molecule has 2 nitrogen and oxygen atoms in total. The first-order chi connectivity index (χ1) is 9.94. The minimum Gasteiger partial charge on any atom is -0.373 e. The van der Waals surface area contributed by atoms with Crippen molar-refractivity contribution in [1.29, 1.82) is 0 Å². The predicted molar refractivity (Wildman–Crippen MR) is 89.6 cm³/mol. The lowest BCUT2D eigenvalue weighted by Crippen LogP contribution is -2.49. The van der Waals surface area contributed by atoms with Crippen LogP contribution in [-0.4, -0.2) is 19.3 Å². The van der Waals surface area contributed by atoms with Gasteiger partial charge in [-0.1, -0.05) is 38.1 Å². The maximum absolute atomic E-state index is 6.36. The molecule has 0 spiro atoms. The van der Waals surface area contributed by atoms with Gasteiger partial charge in [0.15, 0.2) is 0 Å². The summed E-state index contributed by atoms with van der Waals surface area (Å²) in [6.45, 7) is 9.86. The molecule has 2 rings (SSSR count). The van der Waals surface area contributed by atoms with Crippen molar-refractivity contribution in [2.75, 3.05) is 13.7 Å². The van der Waals surface area contributed by atoms with Gasteiger partial charge in [0.2, 0.25) is 0 Å². The molecule has 0 saturated heterocycles. The van der Waals surface area contributed by atoms with Gasteiger partial charge in [-0.25, -0.2) is 0 Å². The molecular weight excluding hydrogens is 258 g/mol. The van der Waals surface area contributed by atoms with Crippen LogP contribution in [0.25, 0.3) is 0 Å². The SMILES string of the molecule is CCOC1(C(NC)c2ccccc2C)CCC(C)(C)CC1. The van der Waals surface area contributed by atoms with Crippen molar-refractivity contribution >= 4 is 0 Å². The largest absolute Gasteiger partial charge is 0.373 e. The molecule has 1 unspecified atom stereocenters. The van der Waals surface area contributed by atoms with Crippen LogP contribution in [0.15, 0.2) is 24.3 Å². The zero-order valence-electron chi connectivity index (χ0n) is 14.3. The number of rotatable bonds is 5. The normalized spacial score (nSPS) is 22.0. The Bertz CT molecular complexity index is 456. The van der Waals surface area contributed by atoms with Gasteiger partial charge in [0, 0.05) is 6.61 Å². The number of likely N-dealkylation sites (N-methyl/N-ethyl adjacent to an activating group) is 1. The Hall–Kier alpha value is -0.860. The molecule has 2 heteroatoms. The molecule has 1 aromatic rings. The average Bonchev–Trinajstić information content (AvgIpc) is 2.45. The first kappa shape index (κ1) is 16.5. The van der Waals surface area contributed by atoms with Gasteiger partial charge in [-0.15, -0.1) is 0 Å². The zero-order valence-corrected chi connectivity index (χ0v) is 14.3. The summed E-state index contributed by atoms with van der Waals surface area (Å²) in [6.07, 6.45) is 4.73. The molecule has 0 amide bonds. The number of benzene rings is 1. The van der Waals surface area contributed by atoms with Gasteiger partial charge in [-0.05, 0) is 63.1 Å². The third kappa shape index (κ3) is 3.49. The van der Waals surface area contributed by atoms with Crippen molar-refractivity contribution in [1.82, 2.24) is 5.32 Å². The highest BCUT2D eigenvalue weighted by Gasteiger charge is 2.45. The van der Waals surface area contributed by atoms with E-state index < -0.39 is 0 Å². The minimum atomic E-state index is -0.0644. The van der Waals surface area contributed by atoms with E-state index in [4.69, 9.17) is 4.74 Å². The summed E-state index contributed by atoms with van der Waals surface area (Å²) in [5, 5.41) is 3.56. The molecule has 1 aliphatic carbocycles. The Morgan fingerprint density at radius 3 is 2.29 bits per heavy atom. The highest BCUT2D eigenvalue weighted by Crippen LogP contribution is 2.47. The third-order valence-electron chi connectivity index (χ3n) is 5.20. The molecule has 1 aliphatic rings. The summed E-state index contributed by atoms with van der Waals surface area (Å²) in [6, 6.07) is 8.97. The fraction of sp³-hybridized carbons (Fsp3) is 0.684. The van der Waals surface area contributed by atoms with E-state index in [1.54, 1.807) is 0 Å². The summed E-state index contributed by atoms with van der Waals surface area (Å²) in [4.78, 5) is 0. The van der Waals surface area contributed by atoms with Crippen LogP contribution in [0, 0.1) is 12.3 Å². The number of hydrogen-bond acceptors (Lipinski definition) is 2. The number of nitrogens with one attached hydrogen (secondary N) is 1. The molecule has 1 fully saturated rings. The summed E-state index contributed by atoms with van der Waals surface area (Å²) < 4.78 is 6.36. The average molecular weight is 289 g/mol. The van der Waals surface area contributed by atoms with E-state index in [0.29, 0.717) is 5.41 Å². The molecule has 0 bridgehead atoms. The Morgan fingerprint density at radius 2 is 1.76 bits per heavy atom. The maximum atomic E-state index is 6.36. The van der Waals surface area contributed by atoms with Crippen molar-refractivity contribution in [3.8, 4) is 0 Å². The fourth-order valence-corrected chi connectivity index (χ4v) is 3.77. The van der Waals surface area contributed by atoms with Crippen LogP contribution in [-0.2, 0) is 4.74 Å². The van der Waals surface area contributed by atoms with Crippen LogP contribution in [0.2, 0.25) is 0 Å². The molecule has 1 saturated carbocycles. The second kappa shape index (κ2) is 6.50.